The smallest absolute Gasteiger partial charge is 0.416 e. The molecule has 3 aromatic rings. The molecule has 0 fully saturated rings. The molecule has 0 spiro atoms. The lowest BCUT2D eigenvalue weighted by molar-refractivity contribution is -0.144. The molecule has 3 aromatic carbocycles. The molecule has 1 atom stereocenters. The van der Waals surface area contributed by atoms with Crippen molar-refractivity contribution in [3.8, 4) is 11.1 Å². The van der Waals surface area contributed by atoms with E-state index >= 15 is 0 Å². The number of carbonyl (C=O) groups excluding carboxylic acids is 1. The zero-order valence-corrected chi connectivity index (χ0v) is 22.6. The third kappa shape index (κ3) is 7.74. The second-order valence-electron chi connectivity index (χ2n) is 10.1. The minimum Gasteiger partial charge on any atom is -0.469 e. The van der Waals surface area contributed by atoms with Gasteiger partial charge in [-0.2, -0.15) is 39.5 Å². The summed E-state index contributed by atoms with van der Waals surface area (Å²) in [6.07, 6.45) is -15.0. The van der Waals surface area contributed by atoms with Gasteiger partial charge in [0, 0.05) is 18.4 Å². The number of hydrogen-bond donors (Lipinski definition) is 0. The normalized spacial score (nSPS) is 13.3. The molecule has 1 unspecified atom stereocenters. The molecule has 0 saturated carbocycles. The zero-order chi connectivity index (χ0) is 31.8. The standard InChI is InChI=1S/C29H25F10NO2/c1-15(2)5-25(26(41)42-4)18-6-16(17-7-19(27(31,32)33)12-22(30)8-17)9-23(10-18)40(3)24-13-20(28(34,35)36)11-21(14-24)29(37,38)39/h6-15,25H,5H2,1-4H3. The highest BCUT2D eigenvalue weighted by molar-refractivity contribution is 5.81. The fraction of sp³-hybridized carbons (Fsp3) is 0.345. The van der Waals surface area contributed by atoms with Gasteiger partial charge in [0.2, 0.25) is 0 Å². The first-order chi connectivity index (χ1) is 19.2. The molecule has 3 nitrogen and oxygen atoms in total. The van der Waals surface area contributed by atoms with E-state index in [1.165, 1.54) is 18.2 Å². The van der Waals surface area contributed by atoms with Crippen LogP contribution in [-0.4, -0.2) is 20.1 Å². The lowest BCUT2D eigenvalue weighted by atomic mass is 9.87. The lowest BCUT2D eigenvalue weighted by Crippen LogP contribution is -2.18. The Kier molecular flexibility index (Phi) is 9.23. The summed E-state index contributed by atoms with van der Waals surface area (Å²) in [5.41, 5.74) is -5.31. The van der Waals surface area contributed by atoms with Crippen molar-refractivity contribution in [3.63, 3.8) is 0 Å². The van der Waals surface area contributed by atoms with Crippen LogP contribution in [0.3, 0.4) is 0 Å². The van der Waals surface area contributed by atoms with E-state index in [0.29, 0.717) is 18.2 Å². The number of esters is 1. The Morgan fingerprint density at radius 3 is 1.67 bits per heavy atom. The van der Waals surface area contributed by atoms with Crippen LogP contribution in [0.4, 0.5) is 55.3 Å². The zero-order valence-electron chi connectivity index (χ0n) is 22.6. The second kappa shape index (κ2) is 11.8. The highest BCUT2D eigenvalue weighted by Gasteiger charge is 2.37. The van der Waals surface area contributed by atoms with Crippen LogP contribution in [0.5, 0.6) is 0 Å². The van der Waals surface area contributed by atoms with Gasteiger partial charge >= 0.3 is 24.5 Å². The molecule has 0 N–H and O–H groups in total. The summed E-state index contributed by atoms with van der Waals surface area (Å²) in [6.45, 7) is 3.55. The molecule has 0 radical (unpaired) electrons. The quantitative estimate of drug-likeness (QED) is 0.197. The molecular formula is C29H25F10NO2. The Labute approximate surface area is 234 Å². The molecular weight excluding hydrogens is 584 g/mol. The van der Waals surface area contributed by atoms with E-state index < -0.39 is 58.6 Å². The number of carbonyl (C=O) groups is 1. The Bertz CT molecular complexity index is 1410. The fourth-order valence-corrected chi connectivity index (χ4v) is 4.38. The number of alkyl halides is 9. The minimum atomic E-state index is -5.13. The van der Waals surface area contributed by atoms with E-state index in [1.54, 1.807) is 13.8 Å². The largest absolute Gasteiger partial charge is 0.469 e. The van der Waals surface area contributed by atoms with Crippen LogP contribution in [0.25, 0.3) is 11.1 Å². The lowest BCUT2D eigenvalue weighted by Gasteiger charge is -2.26. The molecule has 0 saturated heterocycles. The molecule has 0 heterocycles. The topological polar surface area (TPSA) is 29.5 Å². The summed E-state index contributed by atoms with van der Waals surface area (Å²) in [7, 11) is 2.26. The van der Waals surface area contributed by atoms with Gasteiger partial charge in [-0.05, 0) is 77.6 Å². The first kappa shape index (κ1) is 32.7. The van der Waals surface area contributed by atoms with E-state index in [4.69, 9.17) is 4.74 Å². The summed E-state index contributed by atoms with van der Waals surface area (Å²) < 4.78 is 141. The van der Waals surface area contributed by atoms with E-state index in [9.17, 15) is 48.7 Å². The van der Waals surface area contributed by atoms with Crippen LogP contribution in [-0.2, 0) is 28.1 Å². The van der Waals surface area contributed by atoms with Crippen LogP contribution >= 0.6 is 0 Å². The molecule has 0 bridgehead atoms. The van der Waals surface area contributed by atoms with Crippen molar-refractivity contribution in [1.29, 1.82) is 0 Å². The average Bonchev–Trinajstić information content (AvgIpc) is 2.88. The predicted octanol–water partition coefficient (Wildman–Crippen LogP) is 9.62. The van der Waals surface area contributed by atoms with Gasteiger partial charge in [-0.1, -0.05) is 19.9 Å². The van der Waals surface area contributed by atoms with Gasteiger partial charge in [-0.3, -0.25) is 4.79 Å². The molecule has 0 amide bonds. The molecule has 0 aromatic heterocycles. The predicted molar refractivity (Wildman–Crippen MR) is 136 cm³/mol. The minimum absolute atomic E-state index is 0.0411. The number of benzene rings is 3. The Balaban J connectivity index is 2.33. The number of nitrogens with zero attached hydrogens (tertiary/aromatic N) is 1. The van der Waals surface area contributed by atoms with Gasteiger partial charge in [0.05, 0.1) is 29.7 Å². The maximum atomic E-state index is 14.3. The summed E-state index contributed by atoms with van der Waals surface area (Å²) in [4.78, 5) is 13.7. The third-order valence-corrected chi connectivity index (χ3v) is 6.44. The SMILES string of the molecule is COC(=O)C(CC(C)C)c1cc(-c2cc(F)cc(C(F)(F)F)c2)cc(N(C)c2cc(C(F)(F)F)cc(C(F)(F)F)c2)c1. The number of hydrogen-bond acceptors (Lipinski definition) is 3. The molecule has 13 heteroatoms. The molecule has 0 aliphatic heterocycles. The van der Waals surface area contributed by atoms with E-state index in [2.05, 4.69) is 0 Å². The van der Waals surface area contributed by atoms with Gasteiger partial charge in [-0.15, -0.1) is 0 Å². The first-order valence-corrected chi connectivity index (χ1v) is 12.3. The van der Waals surface area contributed by atoms with Gasteiger partial charge in [0.1, 0.15) is 5.82 Å². The second-order valence-corrected chi connectivity index (χ2v) is 10.1. The number of methoxy groups -OCH3 is 1. The van der Waals surface area contributed by atoms with Crippen molar-refractivity contribution in [1.82, 2.24) is 0 Å². The highest BCUT2D eigenvalue weighted by Crippen LogP contribution is 2.42. The van der Waals surface area contributed by atoms with Gasteiger partial charge < -0.3 is 9.64 Å². The maximum Gasteiger partial charge on any atom is 0.416 e. The molecule has 3 rings (SSSR count). The summed E-state index contributed by atoms with van der Waals surface area (Å²) in [5, 5.41) is 0. The van der Waals surface area contributed by atoms with Crippen LogP contribution in [0, 0.1) is 11.7 Å². The average molecular weight is 610 g/mol. The number of anilines is 2. The molecule has 42 heavy (non-hydrogen) atoms. The van der Waals surface area contributed by atoms with Crippen LogP contribution in [0.15, 0.2) is 54.6 Å². The fourth-order valence-electron chi connectivity index (χ4n) is 4.38. The molecule has 0 aliphatic carbocycles. The maximum absolute atomic E-state index is 14.3. The first-order valence-electron chi connectivity index (χ1n) is 12.3. The van der Waals surface area contributed by atoms with Crippen LogP contribution in [0.1, 0.15) is 48.4 Å². The number of halogens is 10. The van der Waals surface area contributed by atoms with Crippen molar-refractivity contribution in [2.45, 2.75) is 44.7 Å². The molecule has 228 valence electrons. The summed E-state index contributed by atoms with van der Waals surface area (Å²) >= 11 is 0. The van der Waals surface area contributed by atoms with Crippen molar-refractivity contribution in [2.75, 3.05) is 19.1 Å². The Morgan fingerprint density at radius 1 is 0.714 bits per heavy atom. The third-order valence-electron chi connectivity index (χ3n) is 6.44. The van der Waals surface area contributed by atoms with Crippen molar-refractivity contribution < 1.29 is 53.4 Å². The van der Waals surface area contributed by atoms with E-state index in [-0.39, 0.29) is 46.8 Å². The van der Waals surface area contributed by atoms with E-state index in [1.807, 2.05) is 0 Å². The number of ether oxygens (including phenoxy) is 1. The van der Waals surface area contributed by atoms with E-state index in [0.717, 1.165) is 25.1 Å². The highest BCUT2D eigenvalue weighted by atomic mass is 19.4. The van der Waals surface area contributed by atoms with Crippen molar-refractivity contribution >= 4 is 17.3 Å². The summed E-state index contributed by atoms with van der Waals surface area (Å²) in [6, 6.07) is 6.44. The Hall–Kier alpha value is -3.77. The monoisotopic (exact) mass is 609 g/mol. The Morgan fingerprint density at radius 2 is 1.19 bits per heavy atom. The van der Waals surface area contributed by atoms with Crippen molar-refractivity contribution in [2.24, 2.45) is 5.92 Å². The summed E-state index contributed by atoms with van der Waals surface area (Å²) in [5.74, 6) is -3.09. The van der Waals surface area contributed by atoms with Gasteiger partial charge in [0.15, 0.2) is 0 Å². The van der Waals surface area contributed by atoms with Gasteiger partial charge in [-0.25, -0.2) is 4.39 Å². The van der Waals surface area contributed by atoms with Crippen molar-refractivity contribution in [3.05, 3.63) is 82.7 Å². The number of rotatable bonds is 7. The van der Waals surface area contributed by atoms with Gasteiger partial charge in [0.25, 0.3) is 0 Å². The molecule has 0 aliphatic rings. The van der Waals surface area contributed by atoms with Crippen LogP contribution < -0.4 is 4.90 Å². The van der Waals surface area contributed by atoms with Crippen LogP contribution in [0.2, 0.25) is 0 Å².